The zero-order valence-electron chi connectivity index (χ0n) is 15.1. The van der Waals surface area contributed by atoms with E-state index < -0.39 is 0 Å². The minimum atomic E-state index is 0.177. The molecule has 1 saturated heterocycles. The quantitative estimate of drug-likeness (QED) is 0.723. The largest absolute Gasteiger partial charge is 0.497 e. The van der Waals surface area contributed by atoms with Gasteiger partial charge in [-0.05, 0) is 41.0 Å². The molecule has 8 heteroatoms. The zero-order chi connectivity index (χ0) is 18.2. The summed E-state index contributed by atoms with van der Waals surface area (Å²) in [7, 11) is 1.65. The van der Waals surface area contributed by atoms with Gasteiger partial charge in [0, 0.05) is 13.1 Å². The topological polar surface area (TPSA) is 73.1 Å². The smallest absolute Gasteiger partial charge is 0.233 e. The van der Waals surface area contributed by atoms with Crippen molar-refractivity contribution >= 4 is 17.7 Å². The Morgan fingerprint density at radius 3 is 2.50 bits per heavy atom. The van der Waals surface area contributed by atoms with Crippen molar-refractivity contribution in [2.75, 3.05) is 26.0 Å². The molecule has 26 heavy (non-hydrogen) atoms. The second-order valence-corrected chi connectivity index (χ2v) is 7.35. The molecule has 0 saturated carbocycles. The Kier molecular flexibility index (Phi) is 6.88. The van der Waals surface area contributed by atoms with Gasteiger partial charge in [0.1, 0.15) is 5.75 Å². The van der Waals surface area contributed by atoms with Gasteiger partial charge in [0.2, 0.25) is 11.1 Å². The van der Waals surface area contributed by atoms with Crippen LogP contribution in [0.1, 0.15) is 37.7 Å². The third-order valence-corrected chi connectivity index (χ3v) is 5.47. The number of ether oxygens (including phenoxy) is 1. The van der Waals surface area contributed by atoms with Crippen LogP contribution in [0.3, 0.4) is 0 Å². The van der Waals surface area contributed by atoms with Crippen LogP contribution in [0, 0.1) is 0 Å². The van der Waals surface area contributed by atoms with Crippen LogP contribution < -0.4 is 4.74 Å². The summed E-state index contributed by atoms with van der Waals surface area (Å²) in [5, 5.41) is 12.5. The van der Waals surface area contributed by atoms with Crippen molar-refractivity contribution in [3.63, 3.8) is 0 Å². The van der Waals surface area contributed by atoms with Crippen molar-refractivity contribution in [2.24, 2.45) is 0 Å². The van der Waals surface area contributed by atoms with Crippen LogP contribution in [0.2, 0.25) is 0 Å². The number of benzene rings is 1. The molecule has 1 fully saturated rings. The number of carbonyl (C=O) groups is 1. The highest BCUT2D eigenvalue weighted by molar-refractivity contribution is 7.99. The van der Waals surface area contributed by atoms with Gasteiger partial charge in [0.05, 0.1) is 19.4 Å². The number of methoxy groups -OCH3 is 1. The number of carbonyl (C=O) groups excluding carboxylic acids is 1. The van der Waals surface area contributed by atoms with Gasteiger partial charge in [-0.3, -0.25) is 4.79 Å². The minimum absolute atomic E-state index is 0.177. The van der Waals surface area contributed by atoms with Crippen molar-refractivity contribution in [3.05, 3.63) is 29.8 Å². The number of amides is 1. The van der Waals surface area contributed by atoms with Crippen LogP contribution in [-0.4, -0.2) is 57.0 Å². The number of likely N-dealkylation sites (tertiary alicyclic amines) is 1. The van der Waals surface area contributed by atoms with Gasteiger partial charge in [-0.15, -0.1) is 5.10 Å². The maximum Gasteiger partial charge on any atom is 0.233 e. The van der Waals surface area contributed by atoms with Crippen LogP contribution >= 0.6 is 11.8 Å². The van der Waals surface area contributed by atoms with Gasteiger partial charge in [0.25, 0.3) is 0 Å². The summed E-state index contributed by atoms with van der Waals surface area (Å²) < 4.78 is 6.90. The highest BCUT2D eigenvalue weighted by Gasteiger charge is 2.17. The van der Waals surface area contributed by atoms with Gasteiger partial charge in [0.15, 0.2) is 0 Å². The van der Waals surface area contributed by atoms with E-state index >= 15 is 0 Å². The van der Waals surface area contributed by atoms with Crippen molar-refractivity contribution in [1.82, 2.24) is 25.1 Å². The lowest BCUT2D eigenvalue weighted by atomic mass is 10.1. The fourth-order valence-electron chi connectivity index (χ4n) is 3.02. The lowest BCUT2D eigenvalue weighted by molar-refractivity contribution is -0.128. The molecule has 1 amide bonds. The molecule has 1 aliphatic rings. The first kappa shape index (κ1) is 18.7. The molecule has 0 bridgehead atoms. The van der Waals surface area contributed by atoms with Crippen LogP contribution in [-0.2, 0) is 11.3 Å². The molecule has 0 N–H and O–H groups in total. The van der Waals surface area contributed by atoms with E-state index in [4.69, 9.17) is 4.74 Å². The molecule has 2 aromatic rings. The molecule has 1 aliphatic heterocycles. The van der Waals surface area contributed by atoms with Crippen molar-refractivity contribution in [3.8, 4) is 5.75 Å². The first-order chi connectivity index (χ1) is 12.8. The van der Waals surface area contributed by atoms with Crippen molar-refractivity contribution in [1.29, 1.82) is 0 Å². The van der Waals surface area contributed by atoms with E-state index in [2.05, 4.69) is 15.5 Å². The molecule has 2 heterocycles. The molecule has 0 unspecified atom stereocenters. The van der Waals surface area contributed by atoms with Crippen LogP contribution in [0.25, 0.3) is 0 Å². The molecular formula is C18H25N5O2S. The van der Waals surface area contributed by atoms with Gasteiger partial charge in [-0.2, -0.15) is 0 Å². The number of tetrazole rings is 1. The van der Waals surface area contributed by atoms with Gasteiger partial charge in [-0.25, -0.2) is 4.68 Å². The fraction of sp³-hybridized carbons (Fsp3) is 0.556. The number of hydrogen-bond acceptors (Lipinski definition) is 6. The van der Waals surface area contributed by atoms with E-state index in [0.717, 1.165) is 37.2 Å². The third kappa shape index (κ3) is 5.20. The van der Waals surface area contributed by atoms with E-state index in [1.165, 1.54) is 31.0 Å². The monoisotopic (exact) mass is 375 g/mol. The molecule has 7 nitrogen and oxygen atoms in total. The van der Waals surface area contributed by atoms with E-state index in [1.54, 1.807) is 11.8 Å². The van der Waals surface area contributed by atoms with Crippen LogP contribution in [0.15, 0.2) is 29.4 Å². The maximum atomic E-state index is 12.5. The average molecular weight is 375 g/mol. The van der Waals surface area contributed by atoms with Gasteiger partial charge in [-0.1, -0.05) is 43.2 Å². The highest BCUT2D eigenvalue weighted by atomic mass is 32.2. The SMILES string of the molecule is COc1ccc(Cn2nnnc2SCC(=O)N2CCCCCCC2)cc1. The molecule has 1 aromatic carbocycles. The fourth-order valence-corrected chi connectivity index (χ4v) is 3.80. The first-order valence-corrected chi connectivity index (χ1v) is 10.0. The molecule has 0 radical (unpaired) electrons. The Bertz CT molecular complexity index is 696. The normalized spacial score (nSPS) is 15.3. The molecule has 0 spiro atoms. The number of nitrogens with zero attached hydrogens (tertiary/aromatic N) is 5. The molecule has 0 atom stereocenters. The summed E-state index contributed by atoms with van der Waals surface area (Å²) in [6.45, 7) is 2.31. The van der Waals surface area contributed by atoms with Crippen molar-refractivity contribution < 1.29 is 9.53 Å². The highest BCUT2D eigenvalue weighted by Crippen LogP contribution is 2.18. The molecular weight excluding hydrogens is 350 g/mol. The predicted molar refractivity (Wildman–Crippen MR) is 100 cm³/mol. The Hall–Kier alpha value is -2.09. The van der Waals surface area contributed by atoms with Gasteiger partial charge < -0.3 is 9.64 Å². The van der Waals surface area contributed by atoms with Crippen molar-refractivity contribution in [2.45, 2.75) is 43.8 Å². The molecule has 3 rings (SSSR count). The Morgan fingerprint density at radius 1 is 1.12 bits per heavy atom. The standard InChI is InChI=1S/C18H25N5O2S/c1-25-16-9-7-15(8-10-16)13-23-18(19-20-21-23)26-14-17(24)22-11-5-3-2-4-6-12-22/h7-10H,2-6,11-14H2,1H3. The Balaban J connectivity index is 1.55. The summed E-state index contributed by atoms with van der Waals surface area (Å²) in [4.78, 5) is 14.5. The lowest BCUT2D eigenvalue weighted by Gasteiger charge is -2.24. The summed E-state index contributed by atoms with van der Waals surface area (Å²) in [5.41, 5.74) is 1.08. The average Bonchev–Trinajstić information content (AvgIpc) is 3.07. The van der Waals surface area contributed by atoms with E-state index in [1.807, 2.05) is 29.2 Å². The number of thioether (sulfide) groups is 1. The zero-order valence-corrected chi connectivity index (χ0v) is 16.0. The second-order valence-electron chi connectivity index (χ2n) is 6.40. The molecule has 0 aliphatic carbocycles. The third-order valence-electron chi connectivity index (χ3n) is 4.52. The number of aromatic nitrogens is 4. The Morgan fingerprint density at radius 2 is 1.81 bits per heavy atom. The molecule has 1 aromatic heterocycles. The summed E-state index contributed by atoms with van der Waals surface area (Å²) in [6.07, 6.45) is 5.93. The van der Waals surface area contributed by atoms with E-state index in [0.29, 0.717) is 17.5 Å². The molecule has 140 valence electrons. The number of rotatable bonds is 6. The van der Waals surface area contributed by atoms with Gasteiger partial charge >= 0.3 is 0 Å². The van der Waals surface area contributed by atoms with Crippen LogP contribution in [0.4, 0.5) is 0 Å². The summed E-state index contributed by atoms with van der Waals surface area (Å²) >= 11 is 1.41. The minimum Gasteiger partial charge on any atom is -0.497 e. The second kappa shape index (κ2) is 9.56. The predicted octanol–water partition coefficient (Wildman–Crippen LogP) is 2.61. The number of hydrogen-bond donors (Lipinski definition) is 0. The van der Waals surface area contributed by atoms with E-state index in [9.17, 15) is 4.79 Å². The van der Waals surface area contributed by atoms with Crippen LogP contribution in [0.5, 0.6) is 5.75 Å². The van der Waals surface area contributed by atoms with E-state index in [-0.39, 0.29) is 5.91 Å². The maximum absolute atomic E-state index is 12.5. The summed E-state index contributed by atoms with van der Waals surface area (Å²) in [6, 6.07) is 7.80. The first-order valence-electron chi connectivity index (χ1n) is 9.06. The summed E-state index contributed by atoms with van der Waals surface area (Å²) in [5.74, 6) is 1.37. The Labute approximate surface area is 158 Å². The lowest BCUT2D eigenvalue weighted by Crippen LogP contribution is -2.35.